The summed E-state index contributed by atoms with van der Waals surface area (Å²) in [5.41, 5.74) is 8.19. The normalized spacial score (nSPS) is 29.2. The van der Waals surface area contributed by atoms with Crippen LogP contribution in [-0.4, -0.2) is 47.3 Å². The van der Waals surface area contributed by atoms with E-state index in [1.54, 1.807) is 18.2 Å². The second-order valence-electron chi connectivity index (χ2n) is 8.78. The van der Waals surface area contributed by atoms with E-state index in [4.69, 9.17) is 5.73 Å². The van der Waals surface area contributed by atoms with E-state index in [-0.39, 0.29) is 41.8 Å². The molecule has 29 heavy (non-hydrogen) atoms. The summed E-state index contributed by atoms with van der Waals surface area (Å²) in [5.74, 6) is 0.199. The summed E-state index contributed by atoms with van der Waals surface area (Å²) < 4.78 is 0. The van der Waals surface area contributed by atoms with Crippen LogP contribution < -0.4 is 16.4 Å². The Balaban J connectivity index is 1.32. The number of hydrogen-bond acceptors (Lipinski definition) is 4. The molecule has 2 atom stereocenters. The highest BCUT2D eigenvalue weighted by atomic mass is 16.2. The Kier molecular flexibility index (Phi) is 5.58. The van der Waals surface area contributed by atoms with Gasteiger partial charge in [-0.15, -0.1) is 0 Å². The molecular weight excluding hydrogens is 368 g/mol. The SMILES string of the molecule is C[C@H]1C[C@@H](NC(=O)c2ccc3c(c2)CC(=O)N3)CCN1C(=O)C1CCC(N)CC1. The molecule has 7 heteroatoms. The lowest BCUT2D eigenvalue weighted by molar-refractivity contribution is -0.140. The molecule has 2 fully saturated rings. The third-order valence-corrected chi connectivity index (χ3v) is 6.61. The van der Waals surface area contributed by atoms with Crippen molar-refractivity contribution in [1.82, 2.24) is 10.2 Å². The van der Waals surface area contributed by atoms with Crippen molar-refractivity contribution in [2.24, 2.45) is 11.7 Å². The van der Waals surface area contributed by atoms with Gasteiger partial charge in [0.25, 0.3) is 5.91 Å². The van der Waals surface area contributed by atoms with Crippen LogP contribution in [0.15, 0.2) is 18.2 Å². The first-order chi connectivity index (χ1) is 13.9. The summed E-state index contributed by atoms with van der Waals surface area (Å²) >= 11 is 0. The molecule has 2 aliphatic heterocycles. The first-order valence-electron chi connectivity index (χ1n) is 10.7. The van der Waals surface area contributed by atoms with Gasteiger partial charge in [-0.1, -0.05) is 0 Å². The number of piperidine rings is 1. The van der Waals surface area contributed by atoms with Gasteiger partial charge in [-0.05, 0) is 69.2 Å². The number of amides is 3. The molecule has 0 bridgehead atoms. The molecule has 3 amide bonds. The average molecular weight is 399 g/mol. The van der Waals surface area contributed by atoms with Crippen LogP contribution in [0.2, 0.25) is 0 Å². The molecular formula is C22H30N4O3. The molecule has 1 aromatic carbocycles. The summed E-state index contributed by atoms with van der Waals surface area (Å²) in [5, 5.41) is 5.89. The molecule has 1 aliphatic carbocycles. The fourth-order valence-corrected chi connectivity index (χ4v) is 4.87. The molecule has 0 unspecified atom stereocenters. The van der Waals surface area contributed by atoms with Crippen molar-refractivity contribution in [2.45, 2.75) is 70.0 Å². The van der Waals surface area contributed by atoms with Crippen LogP contribution >= 0.6 is 0 Å². The van der Waals surface area contributed by atoms with E-state index in [1.807, 2.05) is 4.90 Å². The zero-order valence-electron chi connectivity index (χ0n) is 16.9. The predicted molar refractivity (Wildman–Crippen MR) is 110 cm³/mol. The standard InChI is InChI=1S/C22H30N4O3/c1-13-10-18(8-9-26(13)22(29)14-2-5-17(23)6-3-14)24-21(28)15-4-7-19-16(11-15)12-20(27)25-19/h4,7,11,13-14,17-18H,2-3,5-6,8-10,12,23H2,1H3,(H,24,28)(H,25,27)/t13-,14?,17?,18-/m0/s1. The smallest absolute Gasteiger partial charge is 0.251 e. The highest BCUT2D eigenvalue weighted by Gasteiger charge is 2.34. The number of likely N-dealkylation sites (tertiary alicyclic amines) is 1. The number of hydrogen-bond donors (Lipinski definition) is 3. The number of nitrogens with one attached hydrogen (secondary N) is 2. The van der Waals surface area contributed by atoms with Crippen LogP contribution in [0.5, 0.6) is 0 Å². The van der Waals surface area contributed by atoms with Crippen molar-refractivity contribution in [3.05, 3.63) is 29.3 Å². The molecule has 0 spiro atoms. The quantitative estimate of drug-likeness (QED) is 0.722. The number of carbonyl (C=O) groups excluding carboxylic acids is 3. The summed E-state index contributed by atoms with van der Waals surface area (Å²) in [6.45, 7) is 2.74. The monoisotopic (exact) mass is 398 g/mol. The molecule has 1 saturated carbocycles. The molecule has 0 radical (unpaired) electrons. The summed E-state index contributed by atoms with van der Waals surface area (Å²) in [4.78, 5) is 39.1. The van der Waals surface area contributed by atoms with Gasteiger partial charge < -0.3 is 21.3 Å². The molecule has 1 saturated heterocycles. The van der Waals surface area contributed by atoms with Crippen LogP contribution in [0.4, 0.5) is 5.69 Å². The van der Waals surface area contributed by atoms with Gasteiger partial charge >= 0.3 is 0 Å². The van der Waals surface area contributed by atoms with Crippen molar-refractivity contribution in [3.8, 4) is 0 Å². The Morgan fingerprint density at radius 3 is 2.66 bits per heavy atom. The van der Waals surface area contributed by atoms with E-state index in [0.717, 1.165) is 49.8 Å². The summed E-state index contributed by atoms with van der Waals surface area (Å²) in [7, 11) is 0. The van der Waals surface area contributed by atoms with Crippen molar-refractivity contribution < 1.29 is 14.4 Å². The van der Waals surface area contributed by atoms with E-state index in [0.29, 0.717) is 18.5 Å². The largest absolute Gasteiger partial charge is 0.349 e. The van der Waals surface area contributed by atoms with Crippen molar-refractivity contribution in [2.75, 3.05) is 11.9 Å². The summed E-state index contributed by atoms with van der Waals surface area (Å²) in [6, 6.07) is 5.72. The fraction of sp³-hybridized carbons (Fsp3) is 0.591. The second-order valence-corrected chi connectivity index (χ2v) is 8.78. The number of anilines is 1. The van der Waals surface area contributed by atoms with E-state index in [1.165, 1.54) is 0 Å². The van der Waals surface area contributed by atoms with Gasteiger partial charge in [0, 0.05) is 41.8 Å². The van der Waals surface area contributed by atoms with Crippen LogP contribution in [0.25, 0.3) is 0 Å². The summed E-state index contributed by atoms with van der Waals surface area (Å²) in [6.07, 6.45) is 5.48. The van der Waals surface area contributed by atoms with Crippen LogP contribution in [-0.2, 0) is 16.0 Å². The Bertz CT molecular complexity index is 816. The maximum Gasteiger partial charge on any atom is 0.251 e. The zero-order chi connectivity index (χ0) is 20.5. The highest BCUT2D eigenvalue weighted by Crippen LogP contribution is 2.28. The van der Waals surface area contributed by atoms with Gasteiger partial charge in [0.05, 0.1) is 6.42 Å². The number of benzene rings is 1. The molecule has 4 rings (SSSR count). The first-order valence-corrected chi connectivity index (χ1v) is 10.7. The topological polar surface area (TPSA) is 105 Å². The molecule has 2 heterocycles. The van der Waals surface area contributed by atoms with Gasteiger partial charge in [-0.2, -0.15) is 0 Å². The van der Waals surface area contributed by atoms with Gasteiger partial charge in [0.2, 0.25) is 11.8 Å². The van der Waals surface area contributed by atoms with Crippen molar-refractivity contribution in [3.63, 3.8) is 0 Å². The van der Waals surface area contributed by atoms with E-state index in [9.17, 15) is 14.4 Å². The van der Waals surface area contributed by atoms with Gasteiger partial charge in [0.15, 0.2) is 0 Å². The second kappa shape index (κ2) is 8.14. The molecule has 4 N–H and O–H groups in total. The maximum atomic E-state index is 12.9. The lowest BCUT2D eigenvalue weighted by Crippen LogP contribution is -2.52. The van der Waals surface area contributed by atoms with Gasteiger partial charge in [0.1, 0.15) is 0 Å². The van der Waals surface area contributed by atoms with Gasteiger partial charge in [-0.25, -0.2) is 0 Å². The number of carbonyl (C=O) groups is 3. The van der Waals surface area contributed by atoms with Crippen LogP contribution in [0.1, 0.15) is 61.4 Å². The van der Waals surface area contributed by atoms with Crippen molar-refractivity contribution in [1.29, 1.82) is 0 Å². The third kappa shape index (κ3) is 4.29. The molecule has 1 aromatic rings. The number of nitrogens with zero attached hydrogens (tertiary/aromatic N) is 1. The number of fused-ring (bicyclic) bond motifs is 1. The Morgan fingerprint density at radius 2 is 1.93 bits per heavy atom. The van der Waals surface area contributed by atoms with Crippen LogP contribution in [0.3, 0.4) is 0 Å². The molecule has 0 aromatic heterocycles. The minimum atomic E-state index is -0.120. The zero-order valence-corrected chi connectivity index (χ0v) is 16.9. The molecule has 7 nitrogen and oxygen atoms in total. The first kappa shape index (κ1) is 19.9. The Hall–Kier alpha value is -2.41. The molecule has 3 aliphatic rings. The minimum Gasteiger partial charge on any atom is -0.349 e. The number of rotatable bonds is 3. The molecule has 156 valence electrons. The fourth-order valence-electron chi connectivity index (χ4n) is 4.87. The van der Waals surface area contributed by atoms with E-state index < -0.39 is 0 Å². The van der Waals surface area contributed by atoms with E-state index in [2.05, 4.69) is 17.6 Å². The third-order valence-electron chi connectivity index (χ3n) is 6.61. The number of nitrogens with two attached hydrogens (primary N) is 1. The lowest BCUT2D eigenvalue weighted by atomic mass is 9.84. The highest BCUT2D eigenvalue weighted by molar-refractivity contribution is 6.01. The van der Waals surface area contributed by atoms with Crippen LogP contribution in [0, 0.1) is 5.92 Å². The average Bonchev–Trinajstić information content (AvgIpc) is 3.07. The lowest BCUT2D eigenvalue weighted by Gasteiger charge is -2.40. The van der Waals surface area contributed by atoms with Crippen molar-refractivity contribution >= 4 is 23.4 Å². The van der Waals surface area contributed by atoms with Gasteiger partial charge in [-0.3, -0.25) is 14.4 Å². The van der Waals surface area contributed by atoms with E-state index >= 15 is 0 Å². The minimum absolute atomic E-state index is 0.0385. The Labute approximate surface area is 171 Å². The maximum absolute atomic E-state index is 12.9. The Morgan fingerprint density at radius 1 is 1.17 bits per heavy atom. The predicted octanol–water partition coefficient (Wildman–Crippen LogP) is 1.81.